The third-order valence-electron chi connectivity index (χ3n) is 4.29. The van der Waals surface area contributed by atoms with Gasteiger partial charge in [-0.25, -0.2) is 13.2 Å². The normalized spacial score (nSPS) is 17.8. The maximum atomic E-state index is 13.8. The van der Waals surface area contributed by atoms with Crippen LogP contribution in [-0.4, -0.2) is 47.9 Å². The summed E-state index contributed by atoms with van der Waals surface area (Å²) in [5, 5.41) is 0. The van der Waals surface area contributed by atoms with Crippen molar-refractivity contribution in [2.75, 3.05) is 26.2 Å². The van der Waals surface area contributed by atoms with Crippen molar-refractivity contribution in [1.29, 1.82) is 0 Å². The molecule has 0 aliphatic carbocycles. The van der Waals surface area contributed by atoms with Gasteiger partial charge in [-0.3, -0.25) is 9.69 Å². The van der Waals surface area contributed by atoms with Crippen LogP contribution >= 0.6 is 0 Å². The van der Waals surface area contributed by atoms with Gasteiger partial charge in [0.1, 0.15) is 5.82 Å². The Morgan fingerprint density at radius 2 is 1.86 bits per heavy atom. The molecule has 0 bridgehead atoms. The predicted molar refractivity (Wildman–Crippen MR) is 78.6 cm³/mol. The van der Waals surface area contributed by atoms with Crippen molar-refractivity contribution < 1.29 is 18.0 Å². The number of rotatable bonds is 4. The first-order valence-corrected chi connectivity index (χ1v) is 7.55. The molecule has 1 saturated heterocycles. The molecule has 0 radical (unpaired) electrons. The molecule has 1 unspecified atom stereocenters. The lowest BCUT2D eigenvalue weighted by Crippen LogP contribution is -2.51. The van der Waals surface area contributed by atoms with Gasteiger partial charge in [-0.1, -0.05) is 13.0 Å². The Morgan fingerprint density at radius 3 is 2.41 bits per heavy atom. The van der Waals surface area contributed by atoms with Gasteiger partial charge in [-0.05, 0) is 25.5 Å². The molecule has 1 atom stereocenters. The molecule has 1 heterocycles. The highest BCUT2D eigenvalue weighted by Gasteiger charge is 2.26. The molecule has 0 saturated carbocycles. The van der Waals surface area contributed by atoms with Crippen LogP contribution in [0.1, 0.15) is 42.6 Å². The summed E-state index contributed by atoms with van der Waals surface area (Å²) in [6.07, 6.45) is -1.69. The van der Waals surface area contributed by atoms with Crippen LogP contribution in [0.3, 0.4) is 0 Å². The van der Waals surface area contributed by atoms with Crippen LogP contribution in [0.4, 0.5) is 13.2 Å². The van der Waals surface area contributed by atoms with E-state index < -0.39 is 18.1 Å². The van der Waals surface area contributed by atoms with Crippen LogP contribution in [0.5, 0.6) is 0 Å². The summed E-state index contributed by atoms with van der Waals surface area (Å²) in [7, 11) is 0. The minimum absolute atomic E-state index is 0.269. The van der Waals surface area contributed by atoms with Crippen LogP contribution < -0.4 is 0 Å². The number of alkyl halides is 2. The van der Waals surface area contributed by atoms with E-state index in [1.54, 1.807) is 0 Å². The Bertz CT molecular complexity index is 528. The van der Waals surface area contributed by atoms with E-state index in [1.807, 2.05) is 0 Å². The summed E-state index contributed by atoms with van der Waals surface area (Å²) >= 11 is 0. The van der Waals surface area contributed by atoms with Gasteiger partial charge in [0.25, 0.3) is 12.3 Å². The molecule has 122 valence electrons. The Hall–Kier alpha value is -1.56. The highest BCUT2D eigenvalue weighted by molar-refractivity contribution is 5.94. The van der Waals surface area contributed by atoms with Crippen molar-refractivity contribution in [3.63, 3.8) is 0 Å². The zero-order chi connectivity index (χ0) is 16.3. The maximum absolute atomic E-state index is 13.8. The molecule has 6 heteroatoms. The highest BCUT2D eigenvalue weighted by atomic mass is 19.3. The minimum Gasteiger partial charge on any atom is -0.336 e. The molecular weight excluding hydrogens is 293 g/mol. The van der Waals surface area contributed by atoms with Crippen molar-refractivity contribution in [2.24, 2.45) is 0 Å². The number of hydrogen-bond donors (Lipinski definition) is 0. The van der Waals surface area contributed by atoms with Gasteiger partial charge in [0.05, 0.1) is 5.56 Å². The summed E-state index contributed by atoms with van der Waals surface area (Å²) < 4.78 is 39.2. The van der Waals surface area contributed by atoms with Gasteiger partial charge in [0.15, 0.2) is 0 Å². The van der Waals surface area contributed by atoms with Crippen LogP contribution in [0.2, 0.25) is 0 Å². The van der Waals surface area contributed by atoms with Crippen molar-refractivity contribution in [3.05, 3.63) is 35.1 Å². The second-order valence-corrected chi connectivity index (χ2v) is 5.63. The number of amides is 1. The maximum Gasteiger partial charge on any atom is 0.263 e. The molecule has 0 N–H and O–H groups in total. The lowest BCUT2D eigenvalue weighted by molar-refractivity contribution is 0.0575. The molecule has 22 heavy (non-hydrogen) atoms. The Morgan fingerprint density at radius 1 is 1.23 bits per heavy atom. The van der Waals surface area contributed by atoms with E-state index in [-0.39, 0.29) is 11.1 Å². The van der Waals surface area contributed by atoms with Gasteiger partial charge < -0.3 is 4.90 Å². The van der Waals surface area contributed by atoms with Crippen molar-refractivity contribution >= 4 is 5.91 Å². The fourth-order valence-electron chi connectivity index (χ4n) is 2.64. The molecule has 2 rings (SSSR count). The second kappa shape index (κ2) is 7.13. The van der Waals surface area contributed by atoms with E-state index in [4.69, 9.17) is 0 Å². The third kappa shape index (κ3) is 3.61. The van der Waals surface area contributed by atoms with Crippen LogP contribution in [0, 0.1) is 5.82 Å². The van der Waals surface area contributed by atoms with Crippen LogP contribution in [0.25, 0.3) is 0 Å². The first-order chi connectivity index (χ1) is 10.4. The summed E-state index contributed by atoms with van der Waals surface area (Å²) in [5.41, 5.74) is -0.599. The van der Waals surface area contributed by atoms with E-state index >= 15 is 0 Å². The van der Waals surface area contributed by atoms with E-state index in [9.17, 15) is 18.0 Å². The van der Waals surface area contributed by atoms with Gasteiger partial charge >= 0.3 is 0 Å². The topological polar surface area (TPSA) is 23.6 Å². The molecular formula is C16H21F3N2O. The number of carbonyl (C=O) groups excluding carboxylic acids is 1. The number of nitrogens with zero attached hydrogens (tertiary/aromatic N) is 2. The largest absolute Gasteiger partial charge is 0.336 e. The van der Waals surface area contributed by atoms with Crippen LogP contribution in [-0.2, 0) is 0 Å². The van der Waals surface area contributed by atoms with Crippen molar-refractivity contribution in [3.8, 4) is 0 Å². The molecule has 0 spiro atoms. The van der Waals surface area contributed by atoms with Crippen molar-refractivity contribution in [2.45, 2.75) is 32.7 Å². The lowest BCUT2D eigenvalue weighted by Gasteiger charge is -2.37. The lowest BCUT2D eigenvalue weighted by atomic mass is 10.1. The third-order valence-corrected chi connectivity index (χ3v) is 4.29. The molecule has 1 amide bonds. The van der Waals surface area contributed by atoms with Gasteiger partial charge in [0, 0.05) is 37.8 Å². The summed E-state index contributed by atoms with van der Waals surface area (Å²) in [4.78, 5) is 16.2. The number of hydrogen-bond acceptors (Lipinski definition) is 2. The summed E-state index contributed by atoms with van der Waals surface area (Å²) in [5.74, 6) is -1.26. The molecule has 1 aromatic rings. The quantitative estimate of drug-likeness (QED) is 0.851. The Balaban J connectivity index is 2.08. The first kappa shape index (κ1) is 16.8. The van der Waals surface area contributed by atoms with E-state index in [2.05, 4.69) is 18.7 Å². The fourth-order valence-corrected chi connectivity index (χ4v) is 2.64. The second-order valence-electron chi connectivity index (χ2n) is 5.63. The number of benzene rings is 1. The zero-order valence-electron chi connectivity index (χ0n) is 12.9. The standard InChI is InChI=1S/C16H21F3N2O/c1-3-11(2)20-6-8-21(9-7-20)16(22)13-10-12(15(18)19)4-5-14(13)17/h4-5,10-11,15H,3,6-9H2,1-2H3. The van der Waals surface area contributed by atoms with E-state index in [1.165, 1.54) is 4.90 Å². The van der Waals surface area contributed by atoms with E-state index in [0.717, 1.165) is 37.7 Å². The number of halogens is 3. The molecule has 3 nitrogen and oxygen atoms in total. The Labute approximate surface area is 128 Å². The zero-order valence-corrected chi connectivity index (χ0v) is 12.9. The smallest absolute Gasteiger partial charge is 0.263 e. The molecule has 1 aliphatic rings. The summed E-state index contributed by atoms with van der Waals surface area (Å²) in [6.45, 7) is 6.65. The van der Waals surface area contributed by atoms with Gasteiger partial charge in [-0.15, -0.1) is 0 Å². The molecule has 1 aliphatic heterocycles. The van der Waals surface area contributed by atoms with Gasteiger partial charge in [0.2, 0.25) is 0 Å². The average Bonchev–Trinajstić information content (AvgIpc) is 2.53. The van der Waals surface area contributed by atoms with E-state index in [0.29, 0.717) is 19.1 Å². The molecule has 0 aromatic heterocycles. The summed E-state index contributed by atoms with van der Waals surface area (Å²) in [6, 6.07) is 3.35. The van der Waals surface area contributed by atoms with Gasteiger partial charge in [-0.2, -0.15) is 0 Å². The molecule has 1 aromatic carbocycles. The minimum atomic E-state index is -2.71. The monoisotopic (exact) mass is 314 g/mol. The predicted octanol–water partition coefficient (Wildman–Crippen LogP) is 3.32. The highest BCUT2D eigenvalue weighted by Crippen LogP contribution is 2.22. The fraction of sp³-hybridized carbons (Fsp3) is 0.562. The number of carbonyl (C=O) groups is 1. The number of piperazine rings is 1. The molecule has 1 fully saturated rings. The SMILES string of the molecule is CCC(C)N1CCN(C(=O)c2cc(C(F)F)ccc2F)CC1. The Kier molecular flexibility index (Phi) is 5.45. The van der Waals surface area contributed by atoms with Crippen LogP contribution in [0.15, 0.2) is 18.2 Å². The first-order valence-electron chi connectivity index (χ1n) is 7.55. The average molecular weight is 314 g/mol. The van der Waals surface area contributed by atoms with Crippen molar-refractivity contribution in [1.82, 2.24) is 9.80 Å².